The summed E-state index contributed by atoms with van der Waals surface area (Å²) in [6.07, 6.45) is 3.88. The zero-order valence-electron chi connectivity index (χ0n) is 11.6. The van der Waals surface area contributed by atoms with Crippen LogP contribution in [0.3, 0.4) is 0 Å². The van der Waals surface area contributed by atoms with E-state index in [1.54, 1.807) is 5.56 Å². The van der Waals surface area contributed by atoms with E-state index >= 15 is 0 Å². The first kappa shape index (κ1) is 11.9. The van der Waals surface area contributed by atoms with Crippen molar-refractivity contribution in [2.24, 2.45) is 11.8 Å². The van der Waals surface area contributed by atoms with Gasteiger partial charge in [0, 0.05) is 31.0 Å². The fourth-order valence-corrected chi connectivity index (χ4v) is 3.65. The lowest BCUT2D eigenvalue weighted by atomic mass is 9.90. The van der Waals surface area contributed by atoms with Gasteiger partial charge in [-0.25, -0.2) is 0 Å². The second-order valence-corrected chi connectivity index (χ2v) is 6.18. The standard InChI is InChI=1S/C16H24N2/c1-12-9-13(2)11-18(10-12)16-7-3-6-15-14(16)5-4-8-17-15/h3,6-7,12-13,17H,4-5,8-11H2,1-2H3. The van der Waals surface area contributed by atoms with Crippen molar-refractivity contribution < 1.29 is 0 Å². The van der Waals surface area contributed by atoms with Crippen molar-refractivity contribution in [3.63, 3.8) is 0 Å². The molecule has 0 aliphatic carbocycles. The molecule has 1 fully saturated rings. The quantitative estimate of drug-likeness (QED) is 0.813. The van der Waals surface area contributed by atoms with Gasteiger partial charge in [0.1, 0.15) is 0 Å². The minimum atomic E-state index is 0.821. The Morgan fingerprint density at radius 2 is 1.94 bits per heavy atom. The van der Waals surface area contributed by atoms with Gasteiger partial charge in [0.25, 0.3) is 0 Å². The van der Waals surface area contributed by atoms with Crippen LogP contribution < -0.4 is 10.2 Å². The average Bonchev–Trinajstić information content (AvgIpc) is 2.37. The van der Waals surface area contributed by atoms with Crippen LogP contribution in [0, 0.1) is 11.8 Å². The molecule has 18 heavy (non-hydrogen) atoms. The molecule has 1 N–H and O–H groups in total. The fraction of sp³-hybridized carbons (Fsp3) is 0.625. The molecule has 2 heteroatoms. The second-order valence-electron chi connectivity index (χ2n) is 6.18. The number of fused-ring (bicyclic) bond motifs is 1. The minimum absolute atomic E-state index is 0.821. The summed E-state index contributed by atoms with van der Waals surface area (Å²) >= 11 is 0. The van der Waals surface area contributed by atoms with E-state index in [9.17, 15) is 0 Å². The SMILES string of the molecule is CC1CC(C)CN(c2cccc3c2CCCN3)C1. The summed E-state index contributed by atoms with van der Waals surface area (Å²) in [5, 5.41) is 3.54. The van der Waals surface area contributed by atoms with Gasteiger partial charge in [-0.3, -0.25) is 0 Å². The van der Waals surface area contributed by atoms with Crippen LogP contribution in [0.25, 0.3) is 0 Å². The van der Waals surface area contributed by atoms with Crippen LogP contribution in [0.4, 0.5) is 11.4 Å². The van der Waals surface area contributed by atoms with Gasteiger partial charge in [-0.1, -0.05) is 19.9 Å². The lowest BCUT2D eigenvalue weighted by Gasteiger charge is -2.38. The molecule has 3 rings (SSSR count). The summed E-state index contributed by atoms with van der Waals surface area (Å²) in [4.78, 5) is 2.62. The second kappa shape index (κ2) is 4.83. The third-order valence-corrected chi connectivity index (χ3v) is 4.28. The number of nitrogens with zero attached hydrogens (tertiary/aromatic N) is 1. The molecule has 2 nitrogen and oxygen atoms in total. The molecule has 0 saturated carbocycles. The maximum atomic E-state index is 3.54. The van der Waals surface area contributed by atoms with E-state index in [1.807, 2.05) is 0 Å². The van der Waals surface area contributed by atoms with Crippen molar-refractivity contribution in [1.82, 2.24) is 0 Å². The number of rotatable bonds is 1. The summed E-state index contributed by atoms with van der Waals surface area (Å²) in [6.45, 7) is 8.34. The van der Waals surface area contributed by atoms with Gasteiger partial charge in [-0.15, -0.1) is 0 Å². The highest BCUT2D eigenvalue weighted by Gasteiger charge is 2.24. The number of benzene rings is 1. The molecule has 1 aromatic rings. The Hall–Kier alpha value is -1.18. The van der Waals surface area contributed by atoms with Crippen molar-refractivity contribution in [1.29, 1.82) is 0 Å². The van der Waals surface area contributed by atoms with Gasteiger partial charge in [-0.2, -0.15) is 0 Å². The highest BCUT2D eigenvalue weighted by atomic mass is 15.1. The molecule has 1 saturated heterocycles. The highest BCUT2D eigenvalue weighted by molar-refractivity contribution is 5.68. The number of hydrogen-bond donors (Lipinski definition) is 1. The Bertz CT molecular complexity index is 417. The molecule has 98 valence electrons. The maximum Gasteiger partial charge on any atom is 0.0419 e. The van der Waals surface area contributed by atoms with Crippen LogP contribution in [0.1, 0.15) is 32.3 Å². The lowest BCUT2D eigenvalue weighted by molar-refractivity contribution is 0.356. The van der Waals surface area contributed by atoms with Crippen LogP contribution in [-0.2, 0) is 6.42 Å². The summed E-state index contributed by atoms with van der Waals surface area (Å²) < 4.78 is 0. The third-order valence-electron chi connectivity index (χ3n) is 4.28. The Morgan fingerprint density at radius 1 is 1.17 bits per heavy atom. The van der Waals surface area contributed by atoms with Crippen LogP contribution in [0.15, 0.2) is 18.2 Å². The summed E-state index contributed by atoms with van der Waals surface area (Å²) in [6, 6.07) is 6.75. The average molecular weight is 244 g/mol. The third kappa shape index (κ3) is 2.21. The molecule has 2 aliphatic rings. The van der Waals surface area contributed by atoms with Crippen molar-refractivity contribution in [3.05, 3.63) is 23.8 Å². The molecule has 0 radical (unpaired) electrons. The van der Waals surface area contributed by atoms with Crippen molar-refractivity contribution in [3.8, 4) is 0 Å². The van der Waals surface area contributed by atoms with Crippen LogP contribution in [0.5, 0.6) is 0 Å². The monoisotopic (exact) mass is 244 g/mol. The van der Waals surface area contributed by atoms with Crippen LogP contribution in [-0.4, -0.2) is 19.6 Å². The van der Waals surface area contributed by atoms with E-state index in [2.05, 4.69) is 42.3 Å². The predicted octanol–water partition coefficient (Wildman–Crippen LogP) is 3.53. The molecule has 2 unspecified atom stereocenters. The Morgan fingerprint density at radius 3 is 2.72 bits per heavy atom. The Balaban J connectivity index is 1.91. The van der Waals surface area contributed by atoms with E-state index in [-0.39, 0.29) is 0 Å². The summed E-state index contributed by atoms with van der Waals surface area (Å²) in [7, 11) is 0. The first-order chi connectivity index (χ1) is 8.74. The molecule has 0 bridgehead atoms. The Kier molecular flexibility index (Phi) is 3.19. The molecule has 2 atom stereocenters. The van der Waals surface area contributed by atoms with Crippen molar-refractivity contribution in [2.75, 3.05) is 29.9 Å². The van der Waals surface area contributed by atoms with Gasteiger partial charge in [0.15, 0.2) is 0 Å². The normalized spacial score (nSPS) is 27.6. The summed E-state index contributed by atoms with van der Waals surface area (Å²) in [5.74, 6) is 1.64. The van der Waals surface area contributed by atoms with Crippen molar-refractivity contribution in [2.45, 2.75) is 33.1 Å². The topological polar surface area (TPSA) is 15.3 Å². The fourth-order valence-electron chi connectivity index (χ4n) is 3.65. The van der Waals surface area contributed by atoms with Gasteiger partial charge in [-0.05, 0) is 48.8 Å². The molecule has 2 aliphatic heterocycles. The van der Waals surface area contributed by atoms with E-state index in [1.165, 1.54) is 43.7 Å². The van der Waals surface area contributed by atoms with E-state index in [0.717, 1.165) is 18.4 Å². The minimum Gasteiger partial charge on any atom is -0.385 e. The summed E-state index contributed by atoms with van der Waals surface area (Å²) in [5.41, 5.74) is 4.40. The van der Waals surface area contributed by atoms with E-state index in [0.29, 0.717) is 0 Å². The maximum absolute atomic E-state index is 3.54. The van der Waals surface area contributed by atoms with Gasteiger partial charge in [0.2, 0.25) is 0 Å². The van der Waals surface area contributed by atoms with Crippen LogP contribution >= 0.6 is 0 Å². The first-order valence-corrected chi connectivity index (χ1v) is 7.34. The number of hydrogen-bond acceptors (Lipinski definition) is 2. The molecule has 0 aromatic heterocycles. The first-order valence-electron chi connectivity index (χ1n) is 7.34. The highest BCUT2D eigenvalue weighted by Crippen LogP contribution is 2.34. The molecule has 0 spiro atoms. The smallest absolute Gasteiger partial charge is 0.0419 e. The van der Waals surface area contributed by atoms with Gasteiger partial charge in [0.05, 0.1) is 0 Å². The molecular weight excluding hydrogens is 220 g/mol. The van der Waals surface area contributed by atoms with E-state index < -0.39 is 0 Å². The van der Waals surface area contributed by atoms with Gasteiger partial charge >= 0.3 is 0 Å². The molecule has 2 heterocycles. The zero-order chi connectivity index (χ0) is 12.5. The van der Waals surface area contributed by atoms with Gasteiger partial charge < -0.3 is 10.2 Å². The van der Waals surface area contributed by atoms with E-state index in [4.69, 9.17) is 0 Å². The van der Waals surface area contributed by atoms with Crippen LogP contribution in [0.2, 0.25) is 0 Å². The molecule has 0 amide bonds. The number of anilines is 2. The molecular formula is C16H24N2. The predicted molar refractivity (Wildman–Crippen MR) is 78.4 cm³/mol. The Labute approximate surface area is 110 Å². The lowest BCUT2D eigenvalue weighted by Crippen LogP contribution is -2.39. The zero-order valence-corrected chi connectivity index (χ0v) is 11.6. The number of nitrogens with one attached hydrogen (secondary N) is 1. The largest absolute Gasteiger partial charge is 0.385 e. The van der Waals surface area contributed by atoms with Crippen molar-refractivity contribution >= 4 is 11.4 Å². The number of piperidine rings is 1. The molecule has 1 aromatic carbocycles.